The van der Waals surface area contributed by atoms with Gasteiger partial charge in [0.05, 0.1) is 17.1 Å². The van der Waals surface area contributed by atoms with Gasteiger partial charge in [0.1, 0.15) is 5.82 Å². The number of halogens is 1. The molecule has 0 radical (unpaired) electrons. The molecule has 5 nitrogen and oxygen atoms in total. The summed E-state index contributed by atoms with van der Waals surface area (Å²) in [6.45, 7) is 2.48. The summed E-state index contributed by atoms with van der Waals surface area (Å²) < 4.78 is 15.4. The molecule has 2 aromatic carbocycles. The molecule has 0 aliphatic carbocycles. The quantitative estimate of drug-likeness (QED) is 0.664. The van der Waals surface area contributed by atoms with E-state index < -0.39 is 6.10 Å². The second-order valence-electron chi connectivity index (χ2n) is 7.00. The number of hydrogen-bond acceptors (Lipinski definition) is 3. The van der Waals surface area contributed by atoms with Gasteiger partial charge in [0.15, 0.2) is 0 Å². The van der Waals surface area contributed by atoms with E-state index >= 15 is 0 Å². The number of aryl methyl sites for hydroxylation is 1. The van der Waals surface area contributed by atoms with Crippen molar-refractivity contribution in [3.63, 3.8) is 0 Å². The summed E-state index contributed by atoms with van der Waals surface area (Å²) in [5, 5.41) is 14.3. The van der Waals surface area contributed by atoms with Gasteiger partial charge >= 0.3 is 5.69 Å². The Morgan fingerprint density at radius 1 is 1.30 bits per heavy atom. The number of nitrogens with one attached hydrogen (secondary N) is 2. The summed E-state index contributed by atoms with van der Waals surface area (Å²) in [5.41, 5.74) is 2.63. The molecule has 6 heteroatoms. The van der Waals surface area contributed by atoms with Crippen LogP contribution in [-0.4, -0.2) is 26.7 Å². The zero-order valence-corrected chi connectivity index (χ0v) is 15.0. The first-order valence-corrected chi connectivity index (χ1v) is 9.13. The third kappa shape index (κ3) is 3.34. The second-order valence-corrected chi connectivity index (χ2v) is 7.00. The summed E-state index contributed by atoms with van der Waals surface area (Å²) in [5.74, 6) is -0.263. The first-order chi connectivity index (χ1) is 13.0. The molecule has 1 aliphatic rings. The molecule has 3 N–H and O–H groups in total. The van der Waals surface area contributed by atoms with Crippen LogP contribution in [0.2, 0.25) is 0 Å². The number of H-pyrrole nitrogens is 1. The van der Waals surface area contributed by atoms with Crippen molar-refractivity contribution in [1.82, 2.24) is 14.9 Å². The Morgan fingerprint density at radius 2 is 2.11 bits per heavy atom. The number of hydrogen-bond donors (Lipinski definition) is 3. The fraction of sp³-hybridized carbons (Fsp3) is 0.286. The van der Waals surface area contributed by atoms with Crippen LogP contribution in [0.15, 0.2) is 53.3 Å². The fourth-order valence-electron chi connectivity index (χ4n) is 3.77. The number of rotatable bonds is 4. The van der Waals surface area contributed by atoms with Gasteiger partial charge in [-0.1, -0.05) is 42.5 Å². The Hall–Kier alpha value is -2.70. The second kappa shape index (κ2) is 7.13. The zero-order chi connectivity index (χ0) is 19.0. The predicted molar refractivity (Wildman–Crippen MR) is 104 cm³/mol. The molecule has 1 aromatic heterocycles. The monoisotopic (exact) mass is 367 g/mol. The highest BCUT2D eigenvalue weighted by atomic mass is 19.1. The Balaban J connectivity index is 1.55. The molecule has 0 bridgehead atoms. The van der Waals surface area contributed by atoms with Crippen molar-refractivity contribution in [2.24, 2.45) is 0 Å². The molecule has 0 amide bonds. The van der Waals surface area contributed by atoms with Crippen LogP contribution in [0, 0.1) is 5.82 Å². The molecule has 140 valence electrons. The van der Waals surface area contributed by atoms with Crippen molar-refractivity contribution in [1.29, 1.82) is 0 Å². The number of aliphatic hydroxyl groups is 1. The van der Waals surface area contributed by atoms with Gasteiger partial charge in [-0.3, -0.25) is 4.57 Å². The van der Waals surface area contributed by atoms with Crippen molar-refractivity contribution >= 4 is 17.1 Å². The summed E-state index contributed by atoms with van der Waals surface area (Å²) in [6, 6.07) is 11.9. The lowest BCUT2D eigenvalue weighted by molar-refractivity contribution is 0.122. The van der Waals surface area contributed by atoms with Crippen molar-refractivity contribution in [2.45, 2.75) is 38.1 Å². The third-order valence-corrected chi connectivity index (χ3v) is 5.13. The Kier molecular flexibility index (Phi) is 4.68. The van der Waals surface area contributed by atoms with Crippen LogP contribution < -0.4 is 11.0 Å². The van der Waals surface area contributed by atoms with Gasteiger partial charge in [-0.15, -0.1) is 0 Å². The summed E-state index contributed by atoms with van der Waals surface area (Å²) in [7, 11) is 0. The maximum absolute atomic E-state index is 13.7. The van der Waals surface area contributed by atoms with Crippen LogP contribution in [-0.2, 0) is 6.54 Å². The maximum atomic E-state index is 13.7. The van der Waals surface area contributed by atoms with Gasteiger partial charge in [0.25, 0.3) is 0 Å². The molecule has 1 aliphatic heterocycles. The summed E-state index contributed by atoms with van der Waals surface area (Å²) in [6.07, 6.45) is 3.50. The molecular formula is C21H22FN3O2. The highest BCUT2D eigenvalue weighted by Crippen LogP contribution is 2.29. The van der Waals surface area contributed by atoms with E-state index in [9.17, 15) is 14.3 Å². The molecule has 4 rings (SSSR count). The smallest absolute Gasteiger partial charge is 0.326 e. The van der Waals surface area contributed by atoms with E-state index in [-0.39, 0.29) is 23.6 Å². The van der Waals surface area contributed by atoms with Crippen molar-refractivity contribution in [3.8, 4) is 0 Å². The molecule has 27 heavy (non-hydrogen) atoms. The van der Waals surface area contributed by atoms with Gasteiger partial charge in [-0.2, -0.15) is 0 Å². The van der Waals surface area contributed by atoms with E-state index in [1.807, 2.05) is 31.2 Å². The molecule has 3 unspecified atom stereocenters. The molecule has 3 atom stereocenters. The van der Waals surface area contributed by atoms with Crippen LogP contribution in [0.25, 0.3) is 17.1 Å². The van der Waals surface area contributed by atoms with Crippen LogP contribution in [0.5, 0.6) is 0 Å². The highest BCUT2D eigenvalue weighted by Gasteiger charge is 2.28. The van der Waals surface area contributed by atoms with Crippen LogP contribution in [0.3, 0.4) is 0 Å². The molecule has 2 heterocycles. The standard InChI is InChI=1S/C21H22FN3O2/c1-13(9-10-14-5-2-3-7-16(14)22)23-18-11-12-25-19-15(20(18)26)6-4-8-17(19)24-21(25)27/h2-10,13,18,20,23,26H,11-12H2,1H3,(H,24,27)/b10-9+. The minimum absolute atomic E-state index is 0.0702. The summed E-state index contributed by atoms with van der Waals surface area (Å²) in [4.78, 5) is 15.0. The SMILES string of the molecule is CC(/C=C/c1ccccc1F)NC1CCn2c(=O)[nH]c3cccc(c32)C1O. The maximum Gasteiger partial charge on any atom is 0.326 e. The van der Waals surface area contributed by atoms with Crippen molar-refractivity contribution in [3.05, 3.63) is 76.0 Å². The molecule has 0 saturated heterocycles. The van der Waals surface area contributed by atoms with Crippen LogP contribution in [0.1, 0.15) is 30.6 Å². The Labute approximate surface area is 156 Å². The van der Waals surface area contributed by atoms with E-state index in [4.69, 9.17) is 0 Å². The van der Waals surface area contributed by atoms with Gasteiger partial charge < -0.3 is 15.4 Å². The van der Waals surface area contributed by atoms with E-state index in [0.29, 0.717) is 18.5 Å². The average molecular weight is 367 g/mol. The lowest BCUT2D eigenvalue weighted by Gasteiger charge is -2.25. The first kappa shape index (κ1) is 17.7. The average Bonchev–Trinajstić information content (AvgIpc) is 2.91. The fourth-order valence-corrected chi connectivity index (χ4v) is 3.77. The van der Waals surface area contributed by atoms with Gasteiger partial charge in [0.2, 0.25) is 0 Å². The molecule has 0 fully saturated rings. The largest absolute Gasteiger partial charge is 0.387 e. The summed E-state index contributed by atoms with van der Waals surface area (Å²) >= 11 is 0. The predicted octanol–water partition coefficient (Wildman–Crippen LogP) is 2.97. The lowest BCUT2D eigenvalue weighted by Crippen LogP contribution is -2.40. The van der Waals surface area contributed by atoms with Crippen LogP contribution >= 0.6 is 0 Å². The van der Waals surface area contributed by atoms with Crippen molar-refractivity contribution in [2.75, 3.05) is 0 Å². The molecule has 0 spiro atoms. The third-order valence-electron chi connectivity index (χ3n) is 5.13. The van der Waals surface area contributed by atoms with Crippen LogP contribution in [0.4, 0.5) is 4.39 Å². The number of aromatic nitrogens is 2. The van der Waals surface area contributed by atoms with Crippen molar-refractivity contribution < 1.29 is 9.50 Å². The lowest BCUT2D eigenvalue weighted by atomic mass is 9.99. The number of nitrogens with zero attached hydrogens (tertiary/aromatic N) is 1. The van der Waals surface area contributed by atoms with Gasteiger partial charge in [-0.05, 0) is 25.5 Å². The normalized spacial score (nSPS) is 20.9. The van der Waals surface area contributed by atoms with E-state index in [2.05, 4.69) is 10.3 Å². The zero-order valence-electron chi connectivity index (χ0n) is 15.0. The van der Waals surface area contributed by atoms with Gasteiger partial charge in [-0.25, -0.2) is 9.18 Å². The first-order valence-electron chi connectivity index (χ1n) is 9.13. The Morgan fingerprint density at radius 3 is 2.93 bits per heavy atom. The Bertz CT molecular complexity index is 1050. The topological polar surface area (TPSA) is 70.0 Å². The number of imidazole rings is 1. The molecule has 3 aromatic rings. The van der Waals surface area contributed by atoms with E-state index in [1.54, 1.807) is 28.8 Å². The number of benzene rings is 2. The minimum Gasteiger partial charge on any atom is -0.387 e. The molecule has 0 saturated carbocycles. The van der Waals surface area contributed by atoms with E-state index in [0.717, 1.165) is 16.6 Å². The van der Waals surface area contributed by atoms with Gasteiger partial charge in [0, 0.05) is 29.8 Å². The minimum atomic E-state index is -0.734. The number of para-hydroxylation sites is 1. The number of aromatic amines is 1. The molecular weight excluding hydrogens is 345 g/mol. The number of aliphatic hydroxyl groups excluding tert-OH is 1. The highest BCUT2D eigenvalue weighted by molar-refractivity contribution is 5.79. The van der Waals surface area contributed by atoms with E-state index in [1.165, 1.54) is 6.07 Å².